The number of aliphatic imine (C=N–C) groups is 1. The lowest BCUT2D eigenvalue weighted by Gasteiger charge is -2.21. The minimum absolute atomic E-state index is 0.00138. The lowest BCUT2D eigenvalue weighted by atomic mass is 10.1. The number of carboxylic acids is 1. The molecule has 0 aliphatic heterocycles. The summed E-state index contributed by atoms with van der Waals surface area (Å²) in [7, 11) is 0. The van der Waals surface area contributed by atoms with Gasteiger partial charge in [-0.1, -0.05) is 30.3 Å². The highest BCUT2D eigenvalue weighted by atomic mass is 16.6. The number of nitrogens with zero attached hydrogens (tertiary/aromatic N) is 1. The second kappa shape index (κ2) is 13.9. The van der Waals surface area contributed by atoms with Crippen LogP contribution in [0.15, 0.2) is 35.3 Å². The molecule has 0 aliphatic carbocycles. The average molecular weight is 509 g/mol. The standard InChI is InChI=1S/C24H36N4O8/c1-23(2,3)35-21(32)27-19(28-22(33)36-24(4,5)6)25-14-10-13-17(18(29)30)26-20(31)34-15-16-11-8-7-9-12-16/h7-9,11-12,17H,10,13-15H2,1-6H3,(H,26,31)(H,29,30)(H2,25,27,28,32,33)/t17-/m0/s1. The fourth-order valence-corrected chi connectivity index (χ4v) is 2.57. The molecule has 0 unspecified atom stereocenters. The van der Waals surface area contributed by atoms with Crippen LogP contribution >= 0.6 is 0 Å². The van der Waals surface area contributed by atoms with Crippen LogP contribution in [0.1, 0.15) is 59.9 Å². The van der Waals surface area contributed by atoms with Gasteiger partial charge in [0.15, 0.2) is 0 Å². The molecule has 0 aliphatic rings. The van der Waals surface area contributed by atoms with Crippen LogP contribution in [0, 0.1) is 0 Å². The van der Waals surface area contributed by atoms with E-state index >= 15 is 0 Å². The Balaban J connectivity index is 2.65. The van der Waals surface area contributed by atoms with E-state index in [9.17, 15) is 24.3 Å². The number of amides is 3. The van der Waals surface area contributed by atoms with Crippen LogP contribution in [0.5, 0.6) is 0 Å². The highest BCUT2D eigenvalue weighted by Crippen LogP contribution is 2.09. The molecule has 0 saturated carbocycles. The minimum Gasteiger partial charge on any atom is -0.480 e. The maximum Gasteiger partial charge on any atom is 0.437 e. The maximum absolute atomic E-state index is 12.1. The van der Waals surface area contributed by atoms with Gasteiger partial charge in [0.05, 0.1) is 0 Å². The Morgan fingerprint density at radius 2 is 1.56 bits per heavy atom. The van der Waals surface area contributed by atoms with Crippen LogP contribution in [-0.4, -0.2) is 59.1 Å². The van der Waals surface area contributed by atoms with Crippen molar-refractivity contribution in [2.24, 2.45) is 4.99 Å². The Morgan fingerprint density at radius 3 is 2.11 bits per heavy atom. The van der Waals surface area contributed by atoms with Crippen molar-refractivity contribution >= 4 is 30.2 Å². The normalized spacial score (nSPS) is 12.7. The molecule has 4 N–H and O–H groups in total. The first-order valence-electron chi connectivity index (χ1n) is 11.4. The summed E-state index contributed by atoms with van der Waals surface area (Å²) in [4.78, 5) is 51.4. The van der Waals surface area contributed by atoms with Crippen LogP contribution in [0.3, 0.4) is 0 Å². The Labute approximate surface area is 210 Å². The van der Waals surface area contributed by atoms with E-state index in [4.69, 9.17) is 14.2 Å². The molecular formula is C24H36N4O8. The van der Waals surface area contributed by atoms with Crippen LogP contribution in [0.4, 0.5) is 14.4 Å². The third kappa shape index (κ3) is 14.4. The fraction of sp³-hybridized carbons (Fsp3) is 0.542. The number of ether oxygens (including phenoxy) is 3. The number of rotatable bonds is 8. The van der Waals surface area contributed by atoms with E-state index in [1.54, 1.807) is 65.8 Å². The number of benzene rings is 1. The van der Waals surface area contributed by atoms with Gasteiger partial charge < -0.3 is 30.0 Å². The predicted octanol–water partition coefficient (Wildman–Crippen LogP) is 3.55. The number of aliphatic carboxylic acids is 1. The zero-order valence-corrected chi connectivity index (χ0v) is 21.5. The van der Waals surface area contributed by atoms with Crippen molar-refractivity contribution in [3.05, 3.63) is 35.9 Å². The topological polar surface area (TPSA) is 165 Å². The molecule has 0 saturated heterocycles. The Kier molecular flexibility index (Phi) is 11.7. The van der Waals surface area contributed by atoms with Gasteiger partial charge in [-0.15, -0.1) is 4.99 Å². The molecule has 12 nitrogen and oxygen atoms in total. The zero-order valence-electron chi connectivity index (χ0n) is 21.5. The number of hydrogen-bond acceptors (Lipinski definition) is 7. The summed E-state index contributed by atoms with van der Waals surface area (Å²) >= 11 is 0. The van der Waals surface area contributed by atoms with Crippen molar-refractivity contribution < 1.29 is 38.5 Å². The molecule has 0 bridgehead atoms. The number of nitrogens with one attached hydrogen (secondary N) is 3. The molecule has 200 valence electrons. The lowest BCUT2D eigenvalue weighted by Crippen LogP contribution is -2.45. The summed E-state index contributed by atoms with van der Waals surface area (Å²) < 4.78 is 15.4. The van der Waals surface area contributed by atoms with Gasteiger partial charge in [-0.25, -0.2) is 19.2 Å². The molecule has 1 rings (SSSR count). The number of carbonyl (C=O) groups excluding carboxylic acids is 3. The summed E-state index contributed by atoms with van der Waals surface area (Å²) in [6.07, 6.45) is -2.37. The summed E-state index contributed by atoms with van der Waals surface area (Å²) in [5.74, 6) is -1.46. The summed E-state index contributed by atoms with van der Waals surface area (Å²) in [5.41, 5.74) is -0.818. The molecule has 0 fully saturated rings. The smallest absolute Gasteiger partial charge is 0.437 e. The monoisotopic (exact) mass is 508 g/mol. The van der Waals surface area contributed by atoms with Gasteiger partial charge in [0.2, 0.25) is 5.96 Å². The number of carbonyl (C=O) groups is 4. The van der Waals surface area contributed by atoms with Crippen LogP contribution in [0.2, 0.25) is 0 Å². The van der Waals surface area contributed by atoms with E-state index in [2.05, 4.69) is 20.9 Å². The highest BCUT2D eigenvalue weighted by Gasteiger charge is 2.22. The van der Waals surface area contributed by atoms with Gasteiger partial charge in [-0.05, 0) is 59.9 Å². The first kappa shape index (κ1) is 30.2. The van der Waals surface area contributed by atoms with Crippen molar-refractivity contribution in [2.45, 2.75) is 78.2 Å². The Hall–Kier alpha value is -3.83. The third-order valence-electron chi connectivity index (χ3n) is 3.98. The molecule has 0 aromatic heterocycles. The molecule has 12 heteroatoms. The van der Waals surface area contributed by atoms with E-state index in [0.717, 1.165) is 5.56 Å². The second-order valence-corrected chi connectivity index (χ2v) is 9.73. The SMILES string of the molecule is CC(C)(C)OC(=O)/N=C(/NCCC[C@H](NC(=O)OCc1ccccc1)C(=O)O)NC(=O)OC(C)(C)C. The van der Waals surface area contributed by atoms with Crippen molar-refractivity contribution in [3.63, 3.8) is 0 Å². The van der Waals surface area contributed by atoms with Crippen molar-refractivity contribution in [3.8, 4) is 0 Å². The molecular weight excluding hydrogens is 472 g/mol. The number of hydrogen-bond donors (Lipinski definition) is 4. The second-order valence-electron chi connectivity index (χ2n) is 9.73. The molecule has 1 aromatic carbocycles. The van der Waals surface area contributed by atoms with E-state index in [1.165, 1.54) is 0 Å². The van der Waals surface area contributed by atoms with Crippen LogP contribution < -0.4 is 16.0 Å². The summed E-state index contributed by atoms with van der Waals surface area (Å²) in [5, 5.41) is 16.8. The summed E-state index contributed by atoms with van der Waals surface area (Å²) in [6, 6.07) is 7.75. The molecule has 0 heterocycles. The molecule has 1 aromatic rings. The van der Waals surface area contributed by atoms with Gasteiger partial charge in [0.1, 0.15) is 23.9 Å². The minimum atomic E-state index is -1.24. The van der Waals surface area contributed by atoms with Crippen molar-refractivity contribution in [1.29, 1.82) is 0 Å². The number of guanidine groups is 1. The predicted molar refractivity (Wildman–Crippen MR) is 131 cm³/mol. The highest BCUT2D eigenvalue weighted by molar-refractivity contribution is 5.98. The van der Waals surface area contributed by atoms with Gasteiger partial charge in [0.25, 0.3) is 0 Å². The first-order valence-corrected chi connectivity index (χ1v) is 11.4. The average Bonchev–Trinajstić information content (AvgIpc) is 2.72. The maximum atomic E-state index is 12.1. The molecule has 3 amide bonds. The van der Waals surface area contributed by atoms with Gasteiger partial charge in [-0.2, -0.15) is 0 Å². The van der Waals surface area contributed by atoms with Crippen LogP contribution in [0.25, 0.3) is 0 Å². The van der Waals surface area contributed by atoms with Gasteiger partial charge in [0, 0.05) is 6.54 Å². The first-order chi connectivity index (χ1) is 16.6. The van der Waals surface area contributed by atoms with E-state index in [0.29, 0.717) is 0 Å². The Morgan fingerprint density at radius 1 is 0.944 bits per heavy atom. The molecule has 1 atom stereocenters. The quantitative estimate of drug-likeness (QED) is 0.178. The zero-order chi connectivity index (χ0) is 27.4. The molecule has 36 heavy (non-hydrogen) atoms. The number of alkyl carbamates (subject to hydrolysis) is 2. The van der Waals surface area contributed by atoms with Gasteiger partial charge >= 0.3 is 24.2 Å². The van der Waals surface area contributed by atoms with Crippen molar-refractivity contribution in [1.82, 2.24) is 16.0 Å². The molecule has 0 spiro atoms. The fourth-order valence-electron chi connectivity index (χ4n) is 2.57. The van der Waals surface area contributed by atoms with E-state index in [1.807, 2.05) is 6.07 Å². The third-order valence-corrected chi connectivity index (χ3v) is 3.98. The largest absolute Gasteiger partial charge is 0.480 e. The molecule has 0 radical (unpaired) electrons. The van der Waals surface area contributed by atoms with Crippen molar-refractivity contribution in [2.75, 3.05) is 6.54 Å². The summed E-state index contributed by atoms with van der Waals surface area (Å²) in [6.45, 7) is 10.1. The lowest BCUT2D eigenvalue weighted by molar-refractivity contribution is -0.139. The number of carboxylic acid groups (broad SMARTS) is 1. The van der Waals surface area contributed by atoms with Gasteiger partial charge in [-0.3, -0.25) is 5.32 Å². The van der Waals surface area contributed by atoms with E-state index in [-0.39, 0.29) is 32.0 Å². The van der Waals surface area contributed by atoms with E-state index < -0.39 is 41.5 Å². The Bertz CT molecular complexity index is 920. The van der Waals surface area contributed by atoms with Crippen LogP contribution in [-0.2, 0) is 25.6 Å².